The van der Waals surface area contributed by atoms with Crippen LogP contribution < -0.4 is 14.9 Å². The van der Waals surface area contributed by atoms with Gasteiger partial charge in [0, 0.05) is 22.6 Å². The van der Waals surface area contributed by atoms with Crippen LogP contribution in [0.1, 0.15) is 46.1 Å². The van der Waals surface area contributed by atoms with Crippen LogP contribution >= 0.6 is 22.9 Å². The number of nitrogens with zero attached hydrogens (tertiary/aromatic N) is 3. The lowest BCUT2D eigenvalue weighted by Crippen LogP contribution is -2.38. The Balaban J connectivity index is 1.43. The summed E-state index contributed by atoms with van der Waals surface area (Å²) in [6.07, 6.45) is 3.74. The van der Waals surface area contributed by atoms with Gasteiger partial charge in [0.15, 0.2) is 4.80 Å². The minimum atomic E-state index is -0.451. The molecular formula is C33H25ClFN3OS. The van der Waals surface area contributed by atoms with Gasteiger partial charge >= 0.3 is 0 Å². The molecule has 0 amide bonds. The zero-order valence-electron chi connectivity index (χ0n) is 22.0. The second kappa shape index (κ2) is 9.58. The van der Waals surface area contributed by atoms with Gasteiger partial charge in [-0.05, 0) is 79.3 Å². The third kappa shape index (κ3) is 3.94. The molecular weight excluding hydrogens is 541 g/mol. The summed E-state index contributed by atoms with van der Waals surface area (Å²) in [7, 11) is 0. The van der Waals surface area contributed by atoms with Crippen LogP contribution in [0.5, 0.6) is 0 Å². The Kier molecular flexibility index (Phi) is 5.99. The van der Waals surface area contributed by atoms with Gasteiger partial charge in [-0.1, -0.05) is 77.5 Å². The Bertz CT molecular complexity index is 2030. The highest BCUT2D eigenvalue weighted by Crippen LogP contribution is 2.41. The van der Waals surface area contributed by atoms with E-state index in [-0.39, 0.29) is 16.6 Å². The Morgan fingerprint density at radius 2 is 1.77 bits per heavy atom. The molecule has 7 heteroatoms. The number of thiazole rings is 1. The molecule has 7 rings (SSSR count). The first-order chi connectivity index (χ1) is 19.4. The Labute approximate surface area is 239 Å². The highest BCUT2D eigenvalue weighted by atomic mass is 35.5. The van der Waals surface area contributed by atoms with E-state index in [1.54, 1.807) is 12.1 Å². The minimum Gasteiger partial charge on any atom is -0.318 e. The van der Waals surface area contributed by atoms with Gasteiger partial charge in [0.2, 0.25) is 0 Å². The predicted molar refractivity (Wildman–Crippen MR) is 159 cm³/mol. The van der Waals surface area contributed by atoms with Crippen molar-refractivity contribution in [1.29, 1.82) is 0 Å². The molecule has 0 bridgehead atoms. The van der Waals surface area contributed by atoms with Gasteiger partial charge in [0.25, 0.3) is 5.56 Å². The first kappa shape index (κ1) is 25.0. The van der Waals surface area contributed by atoms with E-state index in [1.807, 2.05) is 53.3 Å². The number of benzene rings is 3. The largest absolute Gasteiger partial charge is 0.318 e. The molecule has 0 fully saturated rings. The van der Waals surface area contributed by atoms with E-state index < -0.39 is 5.82 Å². The van der Waals surface area contributed by atoms with Gasteiger partial charge in [-0.25, -0.2) is 9.38 Å². The Hall–Kier alpha value is -4.00. The van der Waals surface area contributed by atoms with Crippen LogP contribution in [0.2, 0.25) is 5.02 Å². The van der Waals surface area contributed by atoms with Crippen molar-refractivity contribution in [1.82, 2.24) is 9.13 Å². The normalized spacial score (nSPS) is 16.4. The van der Waals surface area contributed by atoms with Gasteiger partial charge < -0.3 is 4.57 Å². The molecule has 2 aliphatic rings. The van der Waals surface area contributed by atoms with E-state index in [1.165, 1.54) is 28.5 Å². The molecule has 3 aromatic carbocycles. The summed E-state index contributed by atoms with van der Waals surface area (Å²) in [6, 6.07) is 25.2. The fraction of sp³-hybridized carbons (Fsp3) is 0.152. The lowest BCUT2D eigenvalue weighted by Gasteiger charge is -2.30. The molecule has 0 saturated carbocycles. The lowest BCUT2D eigenvalue weighted by atomic mass is 9.83. The first-order valence-electron chi connectivity index (χ1n) is 13.2. The Morgan fingerprint density at radius 1 is 1.00 bits per heavy atom. The molecule has 2 aromatic heterocycles. The van der Waals surface area contributed by atoms with Crippen molar-refractivity contribution in [2.75, 3.05) is 0 Å². The molecule has 0 N–H and O–H groups in total. The van der Waals surface area contributed by atoms with Gasteiger partial charge in [-0.2, -0.15) is 0 Å². The first-order valence-corrected chi connectivity index (χ1v) is 14.4. The van der Waals surface area contributed by atoms with Crippen molar-refractivity contribution < 1.29 is 4.39 Å². The summed E-state index contributed by atoms with van der Waals surface area (Å²) in [5.41, 5.74) is 9.29. The van der Waals surface area contributed by atoms with Crippen molar-refractivity contribution in [3.05, 3.63) is 149 Å². The summed E-state index contributed by atoms with van der Waals surface area (Å²) in [4.78, 5) is 19.9. The maximum absolute atomic E-state index is 14.1. The van der Waals surface area contributed by atoms with Crippen LogP contribution in [0.3, 0.4) is 0 Å². The van der Waals surface area contributed by atoms with Crippen molar-refractivity contribution >= 4 is 34.7 Å². The van der Waals surface area contributed by atoms with Crippen LogP contribution in [-0.4, -0.2) is 9.13 Å². The standard InChI is InChI=1S/C33H25ClFN3OS/c1-19-16-23(20(2)37(19)24-13-15-28(35)27(34)18-24)17-29-32(39)38-31(22-9-4-3-5-10-22)26-14-12-21-8-6-7-11-25(21)30(26)36-33(38)40-29/h3-11,13,15-18,31H,12,14H2,1-2H3/b29-17-/t31-/m0/s1. The van der Waals surface area contributed by atoms with Crippen molar-refractivity contribution in [2.24, 2.45) is 4.99 Å². The molecule has 1 aliphatic carbocycles. The van der Waals surface area contributed by atoms with Crippen LogP contribution in [0, 0.1) is 19.7 Å². The molecule has 1 atom stereocenters. The quantitative estimate of drug-likeness (QED) is 0.245. The second-order valence-electron chi connectivity index (χ2n) is 10.3. The summed E-state index contributed by atoms with van der Waals surface area (Å²) in [6.45, 7) is 3.99. The number of allylic oxidation sites excluding steroid dienone is 1. The minimum absolute atomic E-state index is 0.0439. The van der Waals surface area contributed by atoms with Gasteiger partial charge in [0.1, 0.15) is 5.82 Å². The molecule has 3 heterocycles. The van der Waals surface area contributed by atoms with E-state index in [4.69, 9.17) is 16.6 Å². The van der Waals surface area contributed by atoms with E-state index >= 15 is 0 Å². The van der Waals surface area contributed by atoms with E-state index in [2.05, 4.69) is 36.4 Å². The van der Waals surface area contributed by atoms with Crippen LogP contribution in [0.15, 0.2) is 94.2 Å². The topological polar surface area (TPSA) is 39.3 Å². The second-order valence-corrected chi connectivity index (χ2v) is 11.7. The van der Waals surface area contributed by atoms with Gasteiger partial charge in [0.05, 0.1) is 21.3 Å². The molecule has 0 unspecified atom stereocenters. The highest BCUT2D eigenvalue weighted by Gasteiger charge is 2.32. The highest BCUT2D eigenvalue weighted by molar-refractivity contribution is 7.07. The number of aryl methyl sites for hydroxylation is 2. The molecule has 198 valence electrons. The predicted octanol–water partition coefficient (Wildman–Crippen LogP) is 6.52. The van der Waals surface area contributed by atoms with Crippen molar-refractivity contribution in [2.45, 2.75) is 32.7 Å². The fourth-order valence-electron chi connectivity index (χ4n) is 6.05. The summed E-state index contributed by atoms with van der Waals surface area (Å²) >= 11 is 7.50. The number of hydrogen-bond donors (Lipinski definition) is 0. The molecule has 5 aromatic rings. The number of halogens is 2. The lowest BCUT2D eigenvalue weighted by molar-refractivity contribution is 0.585. The molecule has 0 saturated heterocycles. The fourth-order valence-corrected chi connectivity index (χ4v) is 7.22. The van der Waals surface area contributed by atoms with Crippen LogP contribution in [0.4, 0.5) is 4.39 Å². The average molecular weight is 566 g/mol. The van der Waals surface area contributed by atoms with E-state index in [0.29, 0.717) is 9.33 Å². The molecule has 4 nitrogen and oxygen atoms in total. The molecule has 1 aliphatic heterocycles. The SMILES string of the molecule is Cc1cc(/C=c2\sc3n(c2=O)[C@@H](c2ccccc2)C2=C(N=3)c3ccccc3CC2)c(C)n1-c1ccc(F)c(Cl)c1. The average Bonchev–Trinajstić information content (AvgIpc) is 3.43. The van der Waals surface area contributed by atoms with Crippen molar-refractivity contribution in [3.63, 3.8) is 0 Å². The third-order valence-electron chi connectivity index (χ3n) is 7.91. The monoisotopic (exact) mass is 565 g/mol. The summed E-state index contributed by atoms with van der Waals surface area (Å²) in [5, 5.41) is 0.0753. The zero-order chi connectivity index (χ0) is 27.5. The third-order valence-corrected chi connectivity index (χ3v) is 9.18. The maximum Gasteiger partial charge on any atom is 0.271 e. The molecule has 0 spiro atoms. The molecule has 0 radical (unpaired) electrons. The number of hydrogen-bond acceptors (Lipinski definition) is 3. The molecule has 40 heavy (non-hydrogen) atoms. The van der Waals surface area contributed by atoms with Gasteiger partial charge in [-0.15, -0.1) is 0 Å². The van der Waals surface area contributed by atoms with Crippen molar-refractivity contribution in [3.8, 4) is 5.69 Å². The number of fused-ring (bicyclic) bond motifs is 3. The zero-order valence-corrected chi connectivity index (χ0v) is 23.6. The Morgan fingerprint density at radius 3 is 2.58 bits per heavy atom. The number of aromatic nitrogens is 2. The summed E-state index contributed by atoms with van der Waals surface area (Å²) in [5.74, 6) is -0.451. The van der Waals surface area contributed by atoms with Gasteiger partial charge in [-0.3, -0.25) is 9.36 Å². The van der Waals surface area contributed by atoms with Crippen LogP contribution in [-0.2, 0) is 6.42 Å². The van der Waals surface area contributed by atoms with E-state index in [9.17, 15) is 9.18 Å². The summed E-state index contributed by atoms with van der Waals surface area (Å²) < 4.78 is 18.3. The van der Waals surface area contributed by atoms with E-state index in [0.717, 1.165) is 52.3 Å². The van der Waals surface area contributed by atoms with Crippen LogP contribution in [0.25, 0.3) is 17.5 Å². The maximum atomic E-state index is 14.1. The number of rotatable bonds is 3. The smallest absolute Gasteiger partial charge is 0.271 e.